The van der Waals surface area contributed by atoms with E-state index < -0.39 is 5.60 Å². The van der Waals surface area contributed by atoms with Gasteiger partial charge in [-0.15, -0.1) is 11.3 Å². The van der Waals surface area contributed by atoms with Gasteiger partial charge >= 0.3 is 0 Å². The number of rotatable bonds is 5. The van der Waals surface area contributed by atoms with Gasteiger partial charge in [-0.1, -0.05) is 13.8 Å². The zero-order valence-electron chi connectivity index (χ0n) is 13.6. The molecule has 0 radical (unpaired) electrons. The molecule has 3 rings (SSSR count). The van der Waals surface area contributed by atoms with E-state index in [2.05, 4.69) is 23.8 Å². The third kappa shape index (κ3) is 3.37. The molecule has 0 aliphatic carbocycles. The van der Waals surface area contributed by atoms with Crippen LogP contribution in [-0.2, 0) is 5.60 Å². The van der Waals surface area contributed by atoms with Crippen LogP contribution in [0.3, 0.4) is 0 Å². The minimum atomic E-state index is -1.10. The van der Waals surface area contributed by atoms with Crippen LogP contribution in [0.25, 0.3) is 10.6 Å². The smallest absolute Gasteiger partial charge is 0.126 e. The Kier molecular flexibility index (Phi) is 4.73. The van der Waals surface area contributed by atoms with Crippen LogP contribution in [0.5, 0.6) is 0 Å². The normalized spacial score (nSPS) is 13.9. The molecule has 0 saturated heterocycles. The van der Waals surface area contributed by atoms with Crippen molar-refractivity contribution in [3.05, 3.63) is 71.2 Å². The van der Waals surface area contributed by atoms with Crippen molar-refractivity contribution < 1.29 is 9.50 Å². The number of benzene rings is 1. The summed E-state index contributed by atoms with van der Waals surface area (Å²) in [5.74, 6) is 0.0307. The van der Waals surface area contributed by atoms with Crippen LogP contribution in [0.4, 0.5) is 4.39 Å². The van der Waals surface area contributed by atoms with E-state index in [1.165, 1.54) is 23.5 Å². The largest absolute Gasteiger partial charge is 0.379 e. The summed E-state index contributed by atoms with van der Waals surface area (Å²) < 4.78 is 13.1. The number of hydrogen-bond donors (Lipinski definition) is 1. The SMILES string of the molecule is CC(C)CC(O)(c1ccncc1)c1cnc(-c2ccc(F)cc2)s1. The molecular weight excluding hydrogens is 323 g/mol. The molecule has 2 heterocycles. The molecule has 0 amide bonds. The quantitative estimate of drug-likeness (QED) is 0.735. The van der Waals surface area contributed by atoms with Gasteiger partial charge in [0.15, 0.2) is 0 Å². The van der Waals surface area contributed by atoms with Crippen LogP contribution in [0, 0.1) is 11.7 Å². The monoisotopic (exact) mass is 342 g/mol. The number of hydrogen-bond acceptors (Lipinski definition) is 4. The van der Waals surface area contributed by atoms with E-state index in [9.17, 15) is 9.50 Å². The van der Waals surface area contributed by atoms with Crippen LogP contribution in [0.15, 0.2) is 55.0 Å². The maximum atomic E-state index is 13.1. The second-order valence-corrected chi connectivity index (χ2v) is 7.26. The Balaban J connectivity index is 2.02. The standard InChI is InChI=1S/C19H19FN2OS/c1-13(2)11-19(23,15-7-9-21-10-8-15)17-12-22-18(24-17)14-3-5-16(20)6-4-14/h3-10,12-13,23H,11H2,1-2H3. The summed E-state index contributed by atoms with van der Waals surface area (Å²) in [4.78, 5) is 9.25. The fraction of sp³-hybridized carbons (Fsp3) is 0.263. The van der Waals surface area contributed by atoms with Gasteiger partial charge in [-0.2, -0.15) is 0 Å². The zero-order chi connectivity index (χ0) is 17.2. The molecule has 2 aromatic heterocycles. The number of aromatic nitrogens is 2. The molecule has 3 nitrogen and oxygen atoms in total. The molecule has 0 aliphatic heterocycles. The molecule has 1 atom stereocenters. The topological polar surface area (TPSA) is 46.0 Å². The lowest BCUT2D eigenvalue weighted by Crippen LogP contribution is -2.28. The Hall–Kier alpha value is -2.11. The summed E-state index contributed by atoms with van der Waals surface area (Å²) >= 11 is 1.43. The highest BCUT2D eigenvalue weighted by molar-refractivity contribution is 7.15. The van der Waals surface area contributed by atoms with Crippen molar-refractivity contribution in [1.29, 1.82) is 0 Å². The first-order valence-electron chi connectivity index (χ1n) is 7.84. The summed E-state index contributed by atoms with van der Waals surface area (Å²) in [6, 6.07) is 9.90. The molecular formula is C19H19FN2OS. The highest BCUT2D eigenvalue weighted by Gasteiger charge is 2.34. The van der Waals surface area contributed by atoms with Gasteiger partial charge in [0.25, 0.3) is 0 Å². The van der Waals surface area contributed by atoms with Crippen molar-refractivity contribution in [3.8, 4) is 10.6 Å². The first-order valence-corrected chi connectivity index (χ1v) is 8.66. The van der Waals surface area contributed by atoms with Crippen molar-refractivity contribution in [2.75, 3.05) is 0 Å². The maximum absolute atomic E-state index is 13.1. The Morgan fingerprint density at radius 3 is 2.42 bits per heavy atom. The van der Waals surface area contributed by atoms with Crippen LogP contribution in [0.1, 0.15) is 30.7 Å². The molecule has 24 heavy (non-hydrogen) atoms. The van der Waals surface area contributed by atoms with E-state index in [1.54, 1.807) is 30.7 Å². The predicted molar refractivity (Wildman–Crippen MR) is 94.2 cm³/mol. The maximum Gasteiger partial charge on any atom is 0.126 e. The molecule has 3 aromatic rings. The van der Waals surface area contributed by atoms with Crippen LogP contribution in [-0.4, -0.2) is 15.1 Å². The highest BCUT2D eigenvalue weighted by atomic mass is 32.1. The molecule has 0 spiro atoms. The van der Waals surface area contributed by atoms with Crippen LogP contribution < -0.4 is 0 Å². The fourth-order valence-corrected chi connectivity index (χ4v) is 3.81. The van der Waals surface area contributed by atoms with E-state index in [0.717, 1.165) is 21.0 Å². The van der Waals surface area contributed by atoms with Crippen LogP contribution in [0.2, 0.25) is 0 Å². The van der Waals surface area contributed by atoms with Gasteiger partial charge in [0.2, 0.25) is 0 Å². The first-order chi connectivity index (χ1) is 11.5. The minimum absolute atomic E-state index is 0.274. The van der Waals surface area contributed by atoms with Gasteiger partial charge in [-0.05, 0) is 54.3 Å². The van der Waals surface area contributed by atoms with E-state index in [0.29, 0.717) is 12.3 Å². The van der Waals surface area contributed by atoms with Crippen LogP contribution >= 0.6 is 11.3 Å². The van der Waals surface area contributed by atoms with Gasteiger partial charge in [0.05, 0.1) is 4.88 Å². The lowest BCUT2D eigenvalue weighted by atomic mass is 9.85. The number of aliphatic hydroxyl groups is 1. The van der Waals surface area contributed by atoms with Crippen molar-refractivity contribution in [1.82, 2.24) is 9.97 Å². The fourth-order valence-electron chi connectivity index (χ4n) is 2.77. The number of thiazole rings is 1. The third-order valence-electron chi connectivity index (χ3n) is 3.87. The number of halogens is 1. The molecule has 1 N–H and O–H groups in total. The lowest BCUT2D eigenvalue weighted by Gasteiger charge is -2.29. The molecule has 124 valence electrons. The predicted octanol–water partition coefficient (Wildman–Crippen LogP) is 4.63. The second kappa shape index (κ2) is 6.79. The molecule has 0 saturated carbocycles. The van der Waals surface area contributed by atoms with E-state index in [-0.39, 0.29) is 5.82 Å². The van der Waals surface area contributed by atoms with Gasteiger partial charge in [-0.25, -0.2) is 9.37 Å². The summed E-state index contributed by atoms with van der Waals surface area (Å²) in [5, 5.41) is 12.2. The number of nitrogens with zero attached hydrogens (tertiary/aromatic N) is 2. The Bertz CT molecular complexity index is 802. The molecule has 0 bridgehead atoms. The lowest BCUT2D eigenvalue weighted by molar-refractivity contribution is 0.0608. The molecule has 5 heteroatoms. The van der Waals surface area contributed by atoms with E-state index in [4.69, 9.17) is 0 Å². The van der Waals surface area contributed by atoms with Crippen molar-refractivity contribution in [2.45, 2.75) is 25.9 Å². The highest BCUT2D eigenvalue weighted by Crippen LogP contribution is 2.40. The summed E-state index contributed by atoms with van der Waals surface area (Å²) in [7, 11) is 0. The second-order valence-electron chi connectivity index (χ2n) is 6.23. The van der Waals surface area contributed by atoms with Crippen molar-refractivity contribution in [2.24, 2.45) is 5.92 Å². The first kappa shape index (κ1) is 16.7. The van der Waals surface area contributed by atoms with Crippen molar-refractivity contribution in [3.63, 3.8) is 0 Å². The summed E-state index contributed by atoms with van der Waals surface area (Å²) in [6.45, 7) is 4.15. The Morgan fingerprint density at radius 1 is 1.12 bits per heavy atom. The van der Waals surface area contributed by atoms with E-state index in [1.807, 2.05) is 12.1 Å². The Morgan fingerprint density at radius 2 is 1.79 bits per heavy atom. The average Bonchev–Trinajstić information content (AvgIpc) is 3.06. The molecule has 0 aliphatic rings. The summed E-state index contributed by atoms with van der Waals surface area (Å²) in [5.41, 5.74) is 0.544. The number of pyridine rings is 1. The van der Waals surface area contributed by atoms with Gasteiger partial charge < -0.3 is 5.11 Å². The van der Waals surface area contributed by atoms with Crippen molar-refractivity contribution >= 4 is 11.3 Å². The summed E-state index contributed by atoms with van der Waals surface area (Å²) in [6.07, 6.45) is 5.67. The van der Waals surface area contributed by atoms with Gasteiger partial charge in [0, 0.05) is 24.2 Å². The average molecular weight is 342 g/mol. The minimum Gasteiger partial charge on any atom is -0.379 e. The molecule has 0 fully saturated rings. The van der Waals surface area contributed by atoms with E-state index >= 15 is 0 Å². The molecule has 1 unspecified atom stereocenters. The third-order valence-corrected chi connectivity index (χ3v) is 5.06. The van der Waals surface area contributed by atoms with Gasteiger partial charge in [0.1, 0.15) is 16.4 Å². The zero-order valence-corrected chi connectivity index (χ0v) is 14.4. The Labute approximate surface area is 144 Å². The molecule has 1 aromatic carbocycles. The van der Waals surface area contributed by atoms with Gasteiger partial charge in [-0.3, -0.25) is 4.98 Å².